The Morgan fingerprint density at radius 1 is 1.19 bits per heavy atom. The van der Waals surface area contributed by atoms with Crippen LogP contribution in [0.2, 0.25) is 0 Å². The van der Waals surface area contributed by atoms with Crippen LogP contribution in [0.25, 0.3) is 11.5 Å². The Hall–Kier alpha value is -1.36. The number of aromatic nitrogens is 4. The third-order valence-electron chi connectivity index (χ3n) is 4.46. The van der Waals surface area contributed by atoms with Gasteiger partial charge < -0.3 is 9.88 Å². The van der Waals surface area contributed by atoms with E-state index in [4.69, 9.17) is 9.97 Å². The van der Waals surface area contributed by atoms with E-state index < -0.39 is 0 Å². The minimum absolute atomic E-state index is 0. The van der Waals surface area contributed by atoms with Gasteiger partial charge in [0.25, 0.3) is 0 Å². The second-order valence-electron chi connectivity index (χ2n) is 6.03. The molecular formula is C15H22ClN5. The summed E-state index contributed by atoms with van der Waals surface area (Å²) < 4.78 is 2.09. The van der Waals surface area contributed by atoms with E-state index >= 15 is 0 Å². The van der Waals surface area contributed by atoms with Gasteiger partial charge in [0, 0.05) is 18.5 Å². The molecule has 4 aliphatic rings. The maximum atomic E-state index is 4.77. The van der Waals surface area contributed by atoms with Crippen molar-refractivity contribution in [2.75, 3.05) is 5.32 Å². The van der Waals surface area contributed by atoms with Crippen molar-refractivity contribution in [2.24, 2.45) is 0 Å². The average Bonchev–Trinajstić information content (AvgIpc) is 3.00. The van der Waals surface area contributed by atoms with Crippen molar-refractivity contribution in [2.45, 2.75) is 64.0 Å². The predicted molar refractivity (Wildman–Crippen MR) is 85.2 cm³/mol. The molecule has 0 radical (unpaired) electrons. The molecule has 2 aliphatic carbocycles. The van der Waals surface area contributed by atoms with Gasteiger partial charge in [0.2, 0.25) is 0 Å². The van der Waals surface area contributed by atoms with Gasteiger partial charge >= 0.3 is 0 Å². The fraction of sp³-hybridized carbons (Fsp3) is 0.667. The van der Waals surface area contributed by atoms with Gasteiger partial charge in [0.1, 0.15) is 5.82 Å². The van der Waals surface area contributed by atoms with Crippen LogP contribution in [0.3, 0.4) is 0 Å². The third kappa shape index (κ3) is 2.71. The van der Waals surface area contributed by atoms with Crippen LogP contribution >= 0.6 is 12.4 Å². The van der Waals surface area contributed by atoms with E-state index in [9.17, 15) is 0 Å². The smallest absolute Gasteiger partial charge is 0.165 e. The van der Waals surface area contributed by atoms with Crippen LogP contribution in [0, 0.1) is 0 Å². The Labute approximate surface area is 131 Å². The van der Waals surface area contributed by atoms with Gasteiger partial charge in [-0.15, -0.1) is 12.4 Å². The lowest BCUT2D eigenvalue weighted by atomic mass is 10.2. The van der Waals surface area contributed by atoms with Crippen molar-refractivity contribution in [3.63, 3.8) is 0 Å². The summed E-state index contributed by atoms with van der Waals surface area (Å²) in [5.41, 5.74) is 0.961. The van der Waals surface area contributed by atoms with Crippen LogP contribution in [0.5, 0.6) is 0 Å². The lowest BCUT2D eigenvalue weighted by Gasteiger charge is -2.16. The number of nitrogens with one attached hydrogen (secondary N) is 1. The van der Waals surface area contributed by atoms with E-state index in [1.54, 1.807) is 0 Å². The quantitative estimate of drug-likeness (QED) is 0.940. The molecule has 2 aliphatic heterocycles. The normalized spacial score (nSPS) is 18.9. The van der Waals surface area contributed by atoms with Crippen molar-refractivity contribution in [1.29, 1.82) is 0 Å². The zero-order valence-electron chi connectivity index (χ0n) is 12.4. The first-order valence-electron chi connectivity index (χ1n) is 7.84. The molecule has 0 aromatic heterocycles. The molecule has 5 nitrogen and oxygen atoms in total. The lowest BCUT2D eigenvalue weighted by molar-refractivity contribution is 0.716. The highest BCUT2D eigenvalue weighted by Crippen LogP contribution is 2.41. The van der Waals surface area contributed by atoms with Crippen molar-refractivity contribution < 1.29 is 0 Å². The minimum atomic E-state index is 0. The minimum Gasteiger partial charge on any atom is -0.365 e. The molecule has 4 rings (SSSR count). The van der Waals surface area contributed by atoms with E-state index in [0.29, 0.717) is 12.0 Å². The molecule has 2 saturated carbocycles. The summed E-state index contributed by atoms with van der Waals surface area (Å²) in [4.78, 5) is 14.1. The first-order chi connectivity index (χ1) is 9.85. The monoisotopic (exact) mass is 307 g/mol. The summed E-state index contributed by atoms with van der Waals surface area (Å²) in [6.07, 6.45) is 9.50. The number of nitrogens with zero attached hydrogens (tertiary/aromatic N) is 4. The largest absolute Gasteiger partial charge is 0.365 e. The second-order valence-corrected chi connectivity index (χ2v) is 6.03. The molecule has 6 heteroatoms. The molecule has 0 bridgehead atoms. The number of anilines is 1. The molecule has 114 valence electrons. The molecule has 0 saturated heterocycles. The van der Waals surface area contributed by atoms with Gasteiger partial charge in [0.05, 0.1) is 6.33 Å². The first-order valence-corrected chi connectivity index (χ1v) is 7.84. The van der Waals surface area contributed by atoms with Crippen LogP contribution in [0.1, 0.15) is 57.2 Å². The Kier molecular flexibility index (Phi) is 4.02. The van der Waals surface area contributed by atoms with E-state index in [-0.39, 0.29) is 12.4 Å². The van der Waals surface area contributed by atoms with Crippen LogP contribution in [0.15, 0.2) is 6.33 Å². The fourth-order valence-electron chi connectivity index (χ4n) is 3.08. The van der Waals surface area contributed by atoms with Crippen molar-refractivity contribution in [3.8, 4) is 11.5 Å². The van der Waals surface area contributed by atoms with Crippen LogP contribution in [-0.4, -0.2) is 25.6 Å². The maximum absolute atomic E-state index is 4.77. The number of aryl methyl sites for hydroxylation is 1. The Morgan fingerprint density at radius 2 is 1.95 bits per heavy atom. The van der Waals surface area contributed by atoms with Gasteiger partial charge in [-0.2, -0.15) is 0 Å². The van der Waals surface area contributed by atoms with Crippen molar-refractivity contribution in [3.05, 3.63) is 12.2 Å². The highest BCUT2D eigenvalue weighted by Gasteiger charge is 2.31. The highest BCUT2D eigenvalue weighted by molar-refractivity contribution is 5.85. The van der Waals surface area contributed by atoms with E-state index in [1.807, 2.05) is 6.33 Å². The highest BCUT2D eigenvalue weighted by atomic mass is 35.5. The maximum Gasteiger partial charge on any atom is 0.165 e. The zero-order valence-corrected chi connectivity index (χ0v) is 13.2. The van der Waals surface area contributed by atoms with Crippen molar-refractivity contribution >= 4 is 18.2 Å². The average molecular weight is 308 g/mol. The molecule has 21 heavy (non-hydrogen) atoms. The topological polar surface area (TPSA) is 55.6 Å². The molecule has 0 aromatic rings. The summed E-state index contributed by atoms with van der Waals surface area (Å²) in [6.45, 7) is 3.01. The molecule has 1 N–H and O–H groups in total. The molecule has 2 fully saturated rings. The number of halogens is 1. The molecule has 0 unspecified atom stereocenters. The van der Waals surface area contributed by atoms with Gasteiger partial charge in [0.15, 0.2) is 17.3 Å². The summed E-state index contributed by atoms with van der Waals surface area (Å²) in [5.74, 6) is 3.53. The zero-order chi connectivity index (χ0) is 13.5. The Balaban J connectivity index is 0.00000132. The van der Waals surface area contributed by atoms with E-state index in [0.717, 1.165) is 29.7 Å². The molecule has 0 amide bonds. The van der Waals surface area contributed by atoms with Gasteiger partial charge in [-0.1, -0.05) is 12.8 Å². The molecular weight excluding hydrogens is 286 g/mol. The van der Waals surface area contributed by atoms with E-state index in [1.165, 1.54) is 38.5 Å². The standard InChI is InChI=1S/C15H21N5.ClH/c1-2-20-9-16-14(17-11-5-3-4-6-11)12-15(20)19-13(18-12)10-7-8-10;/h9-11,17H,2-8H2,1H3;1H. The molecule has 0 spiro atoms. The Bertz CT molecular complexity index is 586. The van der Waals surface area contributed by atoms with Crippen LogP contribution in [-0.2, 0) is 6.54 Å². The predicted octanol–water partition coefficient (Wildman–Crippen LogP) is 3.45. The second kappa shape index (κ2) is 5.79. The summed E-state index contributed by atoms with van der Waals surface area (Å²) >= 11 is 0. The number of hydrogen-bond acceptors (Lipinski definition) is 4. The molecule has 0 aromatic carbocycles. The summed E-state index contributed by atoms with van der Waals surface area (Å²) in [5, 5.41) is 3.58. The lowest BCUT2D eigenvalue weighted by Crippen LogP contribution is -2.18. The fourth-order valence-corrected chi connectivity index (χ4v) is 3.08. The molecule has 0 atom stereocenters. The third-order valence-corrected chi connectivity index (χ3v) is 4.46. The number of imidazole rings is 1. The van der Waals surface area contributed by atoms with Crippen LogP contribution in [0.4, 0.5) is 5.82 Å². The van der Waals surface area contributed by atoms with Gasteiger partial charge in [-0.25, -0.2) is 15.0 Å². The number of fused-ring (bicyclic) bond motifs is 1. The van der Waals surface area contributed by atoms with Gasteiger partial charge in [-0.05, 0) is 32.6 Å². The summed E-state index contributed by atoms with van der Waals surface area (Å²) in [7, 11) is 0. The van der Waals surface area contributed by atoms with Gasteiger partial charge in [-0.3, -0.25) is 0 Å². The SMILES string of the molecule is CCn1cnc(NC2CCCC2)c2nc(C3CC3)nc1-2.Cl. The number of hydrogen-bond donors (Lipinski definition) is 1. The Morgan fingerprint density at radius 3 is 2.62 bits per heavy atom. The van der Waals surface area contributed by atoms with E-state index in [2.05, 4.69) is 21.8 Å². The summed E-state index contributed by atoms with van der Waals surface area (Å²) in [6, 6.07) is 0.559. The van der Waals surface area contributed by atoms with Crippen LogP contribution < -0.4 is 5.32 Å². The first kappa shape index (κ1) is 14.6. The molecule has 2 heterocycles. The number of rotatable bonds is 4. The van der Waals surface area contributed by atoms with Crippen molar-refractivity contribution in [1.82, 2.24) is 19.5 Å².